The third kappa shape index (κ3) is 2.45. The molecule has 2 aromatic rings. The monoisotopic (exact) mass is 246 g/mol. The highest BCUT2D eigenvalue weighted by Crippen LogP contribution is 2.15. The van der Waals surface area contributed by atoms with E-state index in [2.05, 4.69) is 9.55 Å². The number of aryl methyl sites for hydroxylation is 2. The van der Waals surface area contributed by atoms with Crippen LogP contribution in [-0.4, -0.2) is 20.0 Å². The lowest BCUT2D eigenvalue weighted by atomic mass is 10.2. The number of rotatable bonds is 5. The van der Waals surface area contributed by atoms with Gasteiger partial charge in [-0.1, -0.05) is 0 Å². The van der Waals surface area contributed by atoms with Gasteiger partial charge in [-0.15, -0.1) is 0 Å². The predicted octanol–water partition coefficient (Wildman–Crippen LogP) is 1.49. The Bertz CT molecular complexity index is 540. The van der Waals surface area contributed by atoms with Crippen molar-refractivity contribution in [1.29, 1.82) is 0 Å². The number of hydrogen-bond acceptors (Lipinski definition) is 2. The van der Waals surface area contributed by atoms with E-state index in [-0.39, 0.29) is 5.91 Å². The number of imidazole rings is 1. The molecule has 0 aromatic carbocycles. The zero-order valence-corrected chi connectivity index (χ0v) is 10.8. The van der Waals surface area contributed by atoms with Crippen molar-refractivity contribution in [2.45, 2.75) is 33.4 Å². The third-order valence-corrected chi connectivity index (χ3v) is 3.20. The van der Waals surface area contributed by atoms with Gasteiger partial charge in [-0.05, 0) is 26.3 Å². The highest BCUT2D eigenvalue weighted by molar-refractivity contribution is 5.94. The number of carbonyl (C=O) groups excluding carboxylic acids is 1. The van der Waals surface area contributed by atoms with E-state index < -0.39 is 0 Å². The maximum Gasteiger partial charge on any atom is 0.250 e. The van der Waals surface area contributed by atoms with Crippen molar-refractivity contribution in [3.05, 3.63) is 41.7 Å². The summed E-state index contributed by atoms with van der Waals surface area (Å²) in [6.07, 6.45) is 6.52. The van der Waals surface area contributed by atoms with Crippen molar-refractivity contribution >= 4 is 5.91 Å². The van der Waals surface area contributed by atoms with Crippen LogP contribution in [0.1, 0.15) is 28.2 Å². The van der Waals surface area contributed by atoms with Gasteiger partial charge in [0.1, 0.15) is 0 Å². The maximum absolute atomic E-state index is 11.2. The molecule has 0 spiro atoms. The van der Waals surface area contributed by atoms with Crippen LogP contribution in [0.2, 0.25) is 0 Å². The van der Waals surface area contributed by atoms with Crippen LogP contribution in [0.3, 0.4) is 0 Å². The topological polar surface area (TPSA) is 65.8 Å². The van der Waals surface area contributed by atoms with Crippen LogP contribution in [0, 0.1) is 13.8 Å². The molecule has 0 fully saturated rings. The van der Waals surface area contributed by atoms with Crippen LogP contribution < -0.4 is 5.73 Å². The van der Waals surface area contributed by atoms with E-state index in [0.717, 1.165) is 30.9 Å². The largest absolute Gasteiger partial charge is 0.366 e. The van der Waals surface area contributed by atoms with Gasteiger partial charge in [0.05, 0.1) is 11.9 Å². The molecule has 0 aliphatic heterocycles. The SMILES string of the molecule is Cc1cc(C(N)=O)c(C)n1CCCn1ccnc1. The van der Waals surface area contributed by atoms with E-state index >= 15 is 0 Å². The summed E-state index contributed by atoms with van der Waals surface area (Å²) in [6, 6.07) is 1.86. The van der Waals surface area contributed by atoms with Gasteiger partial charge in [-0.2, -0.15) is 0 Å². The van der Waals surface area contributed by atoms with E-state index in [1.807, 2.05) is 37.0 Å². The van der Waals surface area contributed by atoms with E-state index in [1.165, 1.54) is 0 Å². The number of aromatic nitrogens is 3. The van der Waals surface area contributed by atoms with Crippen molar-refractivity contribution in [2.75, 3.05) is 0 Å². The Labute approximate surface area is 106 Å². The molecule has 0 aliphatic rings. The van der Waals surface area contributed by atoms with Crippen molar-refractivity contribution in [3.63, 3.8) is 0 Å². The number of carbonyl (C=O) groups is 1. The van der Waals surface area contributed by atoms with Gasteiger partial charge in [0.15, 0.2) is 0 Å². The molecule has 2 rings (SSSR count). The lowest BCUT2D eigenvalue weighted by Crippen LogP contribution is -2.13. The second-order valence-corrected chi connectivity index (χ2v) is 4.45. The fourth-order valence-electron chi connectivity index (χ4n) is 2.23. The molecule has 2 heterocycles. The molecule has 0 saturated heterocycles. The first kappa shape index (κ1) is 12.4. The lowest BCUT2D eigenvalue weighted by molar-refractivity contribution is 0.0999. The fraction of sp³-hybridized carbons (Fsp3) is 0.385. The zero-order chi connectivity index (χ0) is 13.1. The van der Waals surface area contributed by atoms with E-state index in [4.69, 9.17) is 5.73 Å². The summed E-state index contributed by atoms with van der Waals surface area (Å²) in [5.74, 6) is -0.357. The molecule has 0 atom stereocenters. The fourth-order valence-corrected chi connectivity index (χ4v) is 2.23. The molecule has 2 N–H and O–H groups in total. The van der Waals surface area contributed by atoms with Gasteiger partial charge in [-0.25, -0.2) is 4.98 Å². The third-order valence-electron chi connectivity index (χ3n) is 3.20. The molecule has 0 bridgehead atoms. The molecule has 5 heteroatoms. The number of primary amides is 1. The van der Waals surface area contributed by atoms with Crippen molar-refractivity contribution in [1.82, 2.24) is 14.1 Å². The minimum atomic E-state index is -0.357. The minimum Gasteiger partial charge on any atom is -0.366 e. The van der Waals surface area contributed by atoms with E-state index in [9.17, 15) is 4.79 Å². The van der Waals surface area contributed by atoms with E-state index in [0.29, 0.717) is 5.56 Å². The van der Waals surface area contributed by atoms with Gasteiger partial charge in [0.25, 0.3) is 5.91 Å². The van der Waals surface area contributed by atoms with Crippen LogP contribution in [0.15, 0.2) is 24.8 Å². The zero-order valence-electron chi connectivity index (χ0n) is 10.8. The molecule has 0 aliphatic carbocycles. The summed E-state index contributed by atoms with van der Waals surface area (Å²) in [6.45, 7) is 5.73. The predicted molar refractivity (Wildman–Crippen MR) is 69.3 cm³/mol. The second-order valence-electron chi connectivity index (χ2n) is 4.45. The first-order chi connectivity index (χ1) is 8.59. The Kier molecular flexibility index (Phi) is 3.50. The second kappa shape index (κ2) is 5.08. The normalized spacial score (nSPS) is 10.8. The van der Waals surface area contributed by atoms with Crippen LogP contribution in [0.5, 0.6) is 0 Å². The van der Waals surface area contributed by atoms with Crippen LogP contribution in [0.4, 0.5) is 0 Å². The molecular formula is C13H18N4O. The van der Waals surface area contributed by atoms with Crippen LogP contribution >= 0.6 is 0 Å². The van der Waals surface area contributed by atoms with Crippen molar-refractivity contribution in [3.8, 4) is 0 Å². The molecule has 0 radical (unpaired) electrons. The first-order valence-electron chi connectivity index (χ1n) is 6.02. The Morgan fingerprint density at radius 1 is 1.39 bits per heavy atom. The molecule has 2 aromatic heterocycles. The molecule has 1 amide bonds. The lowest BCUT2D eigenvalue weighted by Gasteiger charge is -2.09. The average molecular weight is 246 g/mol. The molecule has 0 unspecified atom stereocenters. The smallest absolute Gasteiger partial charge is 0.250 e. The molecule has 0 saturated carbocycles. The summed E-state index contributed by atoms with van der Waals surface area (Å²) in [4.78, 5) is 15.2. The Balaban J connectivity index is 2.03. The summed E-state index contributed by atoms with van der Waals surface area (Å²) in [5.41, 5.74) is 7.98. The van der Waals surface area contributed by atoms with Gasteiger partial charge < -0.3 is 14.9 Å². The molecule has 18 heavy (non-hydrogen) atoms. The molecular weight excluding hydrogens is 228 g/mol. The maximum atomic E-state index is 11.2. The first-order valence-corrected chi connectivity index (χ1v) is 6.02. The average Bonchev–Trinajstić information content (AvgIpc) is 2.91. The highest BCUT2D eigenvalue weighted by Gasteiger charge is 2.12. The number of amides is 1. The highest BCUT2D eigenvalue weighted by atomic mass is 16.1. The quantitative estimate of drug-likeness (QED) is 0.868. The molecule has 96 valence electrons. The Morgan fingerprint density at radius 3 is 2.72 bits per heavy atom. The van der Waals surface area contributed by atoms with E-state index in [1.54, 1.807) is 6.20 Å². The van der Waals surface area contributed by atoms with Crippen LogP contribution in [-0.2, 0) is 13.1 Å². The number of hydrogen-bond donors (Lipinski definition) is 1. The minimum absolute atomic E-state index is 0.357. The van der Waals surface area contributed by atoms with Gasteiger partial charge in [0, 0.05) is 36.9 Å². The van der Waals surface area contributed by atoms with Crippen LogP contribution in [0.25, 0.3) is 0 Å². The van der Waals surface area contributed by atoms with Gasteiger partial charge in [-0.3, -0.25) is 4.79 Å². The van der Waals surface area contributed by atoms with Gasteiger partial charge >= 0.3 is 0 Å². The summed E-state index contributed by atoms with van der Waals surface area (Å²) >= 11 is 0. The van der Waals surface area contributed by atoms with Gasteiger partial charge in [0.2, 0.25) is 0 Å². The molecule has 5 nitrogen and oxygen atoms in total. The van der Waals surface area contributed by atoms with Crippen molar-refractivity contribution < 1.29 is 4.79 Å². The number of nitrogens with zero attached hydrogens (tertiary/aromatic N) is 3. The van der Waals surface area contributed by atoms with Crippen molar-refractivity contribution in [2.24, 2.45) is 5.73 Å². The summed E-state index contributed by atoms with van der Waals surface area (Å²) in [5, 5.41) is 0. The Morgan fingerprint density at radius 2 is 2.17 bits per heavy atom. The summed E-state index contributed by atoms with van der Waals surface area (Å²) in [7, 11) is 0. The summed E-state index contributed by atoms with van der Waals surface area (Å²) < 4.78 is 4.18. The Hall–Kier alpha value is -2.04. The standard InChI is InChI=1S/C13H18N4O/c1-10-8-12(13(14)18)11(2)17(10)6-3-5-16-7-4-15-9-16/h4,7-9H,3,5-6H2,1-2H3,(H2,14,18). The number of nitrogens with two attached hydrogens (primary N) is 1.